The fraction of sp³-hybridized carbons (Fsp3) is 0.727. The fourth-order valence-electron chi connectivity index (χ4n) is 2.54. The third kappa shape index (κ3) is 1.46. The molecule has 0 saturated heterocycles. The van der Waals surface area contributed by atoms with Gasteiger partial charge in [0.1, 0.15) is 0 Å². The van der Waals surface area contributed by atoms with Crippen molar-refractivity contribution in [2.45, 2.75) is 32.6 Å². The summed E-state index contributed by atoms with van der Waals surface area (Å²) >= 11 is 0. The van der Waals surface area contributed by atoms with E-state index in [1.54, 1.807) is 0 Å². The summed E-state index contributed by atoms with van der Waals surface area (Å²) in [5, 5.41) is 10.8. The summed E-state index contributed by atoms with van der Waals surface area (Å²) in [5.74, 6) is 1.41. The predicted molar refractivity (Wildman–Crippen MR) is 57.5 cm³/mol. The van der Waals surface area contributed by atoms with Gasteiger partial charge in [0, 0.05) is 23.7 Å². The molecule has 0 saturated carbocycles. The smallest absolute Gasteiger partial charge is 0.0660 e. The lowest BCUT2D eigenvalue weighted by Gasteiger charge is -2.28. The van der Waals surface area contributed by atoms with Crippen LogP contribution in [-0.4, -0.2) is 23.8 Å². The minimum absolute atomic E-state index is 0.641. The van der Waals surface area contributed by atoms with Crippen LogP contribution in [0.1, 0.15) is 36.2 Å². The van der Waals surface area contributed by atoms with Crippen LogP contribution in [0.25, 0.3) is 0 Å². The Morgan fingerprint density at radius 2 is 2.36 bits per heavy atom. The van der Waals surface area contributed by atoms with E-state index in [1.807, 2.05) is 7.05 Å². The molecule has 0 amide bonds. The number of likely N-dealkylation sites (N-methyl/N-ethyl adjacent to an activating group) is 1. The summed E-state index contributed by atoms with van der Waals surface area (Å²) in [5.41, 5.74) is 4.02. The first-order chi connectivity index (χ1) is 6.74. The summed E-state index contributed by atoms with van der Waals surface area (Å²) in [4.78, 5) is 0. The Balaban J connectivity index is 2.34. The number of hydrogen-bond donors (Lipinski definition) is 2. The molecule has 1 aromatic heterocycles. The molecular weight excluding hydrogens is 174 g/mol. The van der Waals surface area contributed by atoms with Gasteiger partial charge >= 0.3 is 0 Å². The molecule has 1 heterocycles. The van der Waals surface area contributed by atoms with Crippen molar-refractivity contribution >= 4 is 0 Å². The zero-order valence-electron chi connectivity index (χ0n) is 9.22. The monoisotopic (exact) mass is 193 g/mol. The molecule has 2 rings (SSSR count). The van der Waals surface area contributed by atoms with Crippen LogP contribution in [0.5, 0.6) is 0 Å². The van der Waals surface area contributed by atoms with Crippen LogP contribution in [-0.2, 0) is 6.42 Å². The molecule has 78 valence electrons. The number of aryl methyl sites for hydroxylation is 2. The van der Waals surface area contributed by atoms with E-state index < -0.39 is 0 Å². The molecule has 2 N–H and O–H groups in total. The van der Waals surface area contributed by atoms with Gasteiger partial charge in [-0.25, -0.2) is 0 Å². The maximum atomic E-state index is 4.37. The molecule has 1 aliphatic rings. The Morgan fingerprint density at radius 3 is 3.07 bits per heavy atom. The van der Waals surface area contributed by atoms with E-state index in [1.165, 1.54) is 23.4 Å². The molecule has 1 aromatic rings. The van der Waals surface area contributed by atoms with Gasteiger partial charge in [0.15, 0.2) is 0 Å². The van der Waals surface area contributed by atoms with Crippen molar-refractivity contribution in [3.05, 3.63) is 17.0 Å². The van der Waals surface area contributed by atoms with Gasteiger partial charge in [-0.1, -0.05) is 6.92 Å². The average molecular weight is 193 g/mol. The Morgan fingerprint density at radius 1 is 1.57 bits per heavy atom. The number of aromatic amines is 1. The third-order valence-electron chi connectivity index (χ3n) is 3.39. The van der Waals surface area contributed by atoms with Crippen molar-refractivity contribution < 1.29 is 0 Å². The van der Waals surface area contributed by atoms with Gasteiger partial charge in [-0.05, 0) is 32.7 Å². The molecular formula is C11H19N3. The lowest BCUT2D eigenvalue weighted by molar-refractivity contribution is 0.390. The van der Waals surface area contributed by atoms with Crippen molar-refractivity contribution in [1.29, 1.82) is 0 Å². The molecule has 2 unspecified atom stereocenters. The first-order valence-corrected chi connectivity index (χ1v) is 5.42. The van der Waals surface area contributed by atoms with Crippen molar-refractivity contribution in [3.63, 3.8) is 0 Å². The van der Waals surface area contributed by atoms with Gasteiger partial charge in [-0.3, -0.25) is 5.10 Å². The summed E-state index contributed by atoms with van der Waals surface area (Å²) in [6.07, 6.45) is 2.41. The van der Waals surface area contributed by atoms with Crippen molar-refractivity contribution in [2.24, 2.45) is 5.92 Å². The highest BCUT2D eigenvalue weighted by Gasteiger charge is 2.29. The van der Waals surface area contributed by atoms with E-state index in [-0.39, 0.29) is 0 Å². The topological polar surface area (TPSA) is 40.7 Å². The second-order valence-corrected chi connectivity index (χ2v) is 4.39. The maximum absolute atomic E-state index is 4.37. The lowest BCUT2D eigenvalue weighted by Crippen LogP contribution is -2.27. The van der Waals surface area contributed by atoms with Gasteiger partial charge in [-0.15, -0.1) is 0 Å². The first-order valence-electron chi connectivity index (χ1n) is 5.42. The normalized spacial score (nSPS) is 26.2. The number of nitrogens with one attached hydrogen (secondary N) is 2. The highest BCUT2D eigenvalue weighted by Crippen LogP contribution is 2.36. The molecule has 2 atom stereocenters. The number of fused-ring (bicyclic) bond motifs is 1. The van der Waals surface area contributed by atoms with Gasteiger partial charge in [0.2, 0.25) is 0 Å². The van der Waals surface area contributed by atoms with Gasteiger partial charge in [0.25, 0.3) is 0 Å². The number of nitrogens with zero attached hydrogens (tertiary/aromatic N) is 1. The molecule has 0 radical (unpaired) electrons. The SMILES string of the molecule is CNCC1c2c(n[nH]c2C)CCC1C. The molecule has 0 aromatic carbocycles. The van der Waals surface area contributed by atoms with Crippen LogP contribution in [0.15, 0.2) is 0 Å². The Bertz CT molecular complexity index is 316. The van der Waals surface area contributed by atoms with Gasteiger partial charge < -0.3 is 5.32 Å². The molecule has 0 aliphatic heterocycles. The Kier molecular flexibility index (Phi) is 2.59. The summed E-state index contributed by atoms with van der Waals surface area (Å²) < 4.78 is 0. The Hall–Kier alpha value is -0.830. The molecule has 1 aliphatic carbocycles. The highest BCUT2D eigenvalue weighted by molar-refractivity contribution is 5.32. The number of hydrogen-bond acceptors (Lipinski definition) is 2. The maximum Gasteiger partial charge on any atom is 0.0660 e. The standard InChI is InChI=1S/C11H19N3/c1-7-4-5-10-11(8(2)13-14-10)9(7)6-12-3/h7,9,12H,4-6H2,1-3H3,(H,13,14). The van der Waals surface area contributed by atoms with Crippen molar-refractivity contribution in [3.8, 4) is 0 Å². The highest BCUT2D eigenvalue weighted by atomic mass is 15.1. The molecule has 14 heavy (non-hydrogen) atoms. The van der Waals surface area contributed by atoms with E-state index in [0.29, 0.717) is 5.92 Å². The number of rotatable bonds is 2. The van der Waals surface area contributed by atoms with Crippen LogP contribution < -0.4 is 5.32 Å². The predicted octanol–water partition coefficient (Wildman–Crippen LogP) is 1.60. The van der Waals surface area contributed by atoms with E-state index in [9.17, 15) is 0 Å². The van der Waals surface area contributed by atoms with E-state index >= 15 is 0 Å². The molecule has 0 fully saturated rings. The van der Waals surface area contributed by atoms with Crippen LogP contribution in [0.3, 0.4) is 0 Å². The average Bonchev–Trinajstić information content (AvgIpc) is 2.53. The van der Waals surface area contributed by atoms with E-state index in [0.717, 1.165) is 18.9 Å². The quantitative estimate of drug-likeness (QED) is 0.749. The lowest BCUT2D eigenvalue weighted by atomic mass is 9.78. The summed E-state index contributed by atoms with van der Waals surface area (Å²) in [6, 6.07) is 0. The van der Waals surface area contributed by atoms with Crippen molar-refractivity contribution in [1.82, 2.24) is 15.5 Å². The van der Waals surface area contributed by atoms with E-state index in [2.05, 4.69) is 29.4 Å². The molecule has 3 nitrogen and oxygen atoms in total. The zero-order valence-corrected chi connectivity index (χ0v) is 9.22. The molecule has 0 bridgehead atoms. The number of H-pyrrole nitrogens is 1. The second-order valence-electron chi connectivity index (χ2n) is 4.39. The van der Waals surface area contributed by atoms with Crippen LogP contribution in [0.2, 0.25) is 0 Å². The minimum atomic E-state index is 0.641. The Labute approximate surface area is 85.3 Å². The zero-order chi connectivity index (χ0) is 10.1. The largest absolute Gasteiger partial charge is 0.319 e. The van der Waals surface area contributed by atoms with Gasteiger partial charge in [0.05, 0.1) is 5.69 Å². The fourth-order valence-corrected chi connectivity index (χ4v) is 2.54. The second kappa shape index (κ2) is 3.73. The van der Waals surface area contributed by atoms with Crippen LogP contribution in [0.4, 0.5) is 0 Å². The number of aromatic nitrogens is 2. The summed E-state index contributed by atoms with van der Waals surface area (Å²) in [7, 11) is 2.02. The summed E-state index contributed by atoms with van der Waals surface area (Å²) in [6.45, 7) is 5.54. The first kappa shape index (κ1) is 9.71. The molecule has 0 spiro atoms. The minimum Gasteiger partial charge on any atom is -0.319 e. The van der Waals surface area contributed by atoms with Crippen LogP contribution >= 0.6 is 0 Å². The van der Waals surface area contributed by atoms with Gasteiger partial charge in [-0.2, -0.15) is 5.10 Å². The van der Waals surface area contributed by atoms with E-state index in [4.69, 9.17) is 0 Å². The molecule has 3 heteroatoms. The van der Waals surface area contributed by atoms with Crippen LogP contribution in [0, 0.1) is 12.8 Å². The third-order valence-corrected chi connectivity index (χ3v) is 3.39. The van der Waals surface area contributed by atoms with Crippen molar-refractivity contribution in [2.75, 3.05) is 13.6 Å².